The predicted molar refractivity (Wildman–Crippen MR) is 144 cm³/mol. The van der Waals surface area contributed by atoms with Gasteiger partial charge in [-0.3, -0.25) is 12.2 Å². The second kappa shape index (κ2) is 12.3. The van der Waals surface area contributed by atoms with Gasteiger partial charge in [0.2, 0.25) is 0 Å². The predicted octanol–water partition coefficient (Wildman–Crippen LogP) is 3.29. The van der Waals surface area contributed by atoms with Crippen LogP contribution in [0.5, 0.6) is 0 Å². The summed E-state index contributed by atoms with van der Waals surface area (Å²) in [6.45, 7) is 0. The smallest absolute Gasteiger partial charge is 1.00 e. The molecule has 6 heteroatoms. The van der Waals surface area contributed by atoms with Gasteiger partial charge in [0.15, 0.2) is 0 Å². The molecule has 2 aliphatic heterocycles. The van der Waals surface area contributed by atoms with Crippen molar-refractivity contribution >= 4 is 55.8 Å². The Morgan fingerprint density at radius 3 is 2.00 bits per heavy atom. The maximum Gasteiger partial charge on any atom is 4.00 e. The molecule has 2 unspecified atom stereocenters. The molecule has 2 heterocycles. The molecule has 6 bridgehead atoms. The fraction of sp³-hybridized carbons (Fsp3) is 0.0667. The van der Waals surface area contributed by atoms with Crippen LogP contribution in [-0.4, -0.2) is 0 Å². The third-order valence-electron chi connectivity index (χ3n) is 6.17. The average Bonchev–Trinajstić information content (AvgIpc) is 3.47. The summed E-state index contributed by atoms with van der Waals surface area (Å²) in [5.74, 6) is 0.554. The van der Waals surface area contributed by atoms with Gasteiger partial charge in [0.1, 0.15) is 0 Å². The van der Waals surface area contributed by atoms with Crippen molar-refractivity contribution in [1.82, 2.24) is 0 Å². The molecule has 0 fully saturated rings. The second-order valence-electron chi connectivity index (χ2n) is 8.22. The zero-order valence-corrected chi connectivity index (χ0v) is 25.3. The fourth-order valence-corrected chi connectivity index (χ4v) is 7.10. The first kappa shape index (κ1) is 29.0. The van der Waals surface area contributed by atoms with Crippen molar-refractivity contribution in [2.45, 2.75) is 21.6 Å². The Kier molecular flexibility index (Phi) is 9.90. The maximum absolute atomic E-state index is 3.70. The first-order valence-electron chi connectivity index (χ1n) is 10.8. The Labute approximate surface area is 250 Å². The minimum absolute atomic E-state index is 0. The quantitative estimate of drug-likeness (QED) is 0.275. The standard InChI is InChI=1S/C15H8BrS.C15H10Br.2FH.Zr/c16-14-8-12-7-10-4-5-13(15(10)14)9-2-1-3-11(6-9)17-12;16-14-8-4-7-12-9-10-13(15(12)14)11-5-2-1-3-6-11;;;/h1-4,6-8,13H;1-9,13H;2*1H;/q2*-1;;;+4/p-2. The molecule has 2 atom stereocenters. The minimum atomic E-state index is 0. The molecular formula is C30H18Br2F2SZr. The van der Waals surface area contributed by atoms with Crippen LogP contribution in [0.1, 0.15) is 45.2 Å². The molecule has 2 aliphatic carbocycles. The van der Waals surface area contributed by atoms with Crippen LogP contribution < -0.4 is 9.41 Å². The van der Waals surface area contributed by atoms with E-state index < -0.39 is 0 Å². The minimum Gasteiger partial charge on any atom is -1.00 e. The molecule has 36 heavy (non-hydrogen) atoms. The second-order valence-corrected chi connectivity index (χ2v) is 11.1. The van der Waals surface area contributed by atoms with Crippen molar-refractivity contribution in [1.29, 1.82) is 0 Å². The Morgan fingerprint density at radius 2 is 1.22 bits per heavy atom. The third-order valence-corrected chi connectivity index (χ3v) is 8.48. The van der Waals surface area contributed by atoms with Gasteiger partial charge in [-0.15, -0.1) is 23.3 Å². The number of hydrogen-bond donors (Lipinski definition) is 0. The summed E-state index contributed by atoms with van der Waals surface area (Å²) in [6.07, 6.45) is 11.1. The summed E-state index contributed by atoms with van der Waals surface area (Å²) in [5.41, 5.74) is 7.88. The van der Waals surface area contributed by atoms with Crippen molar-refractivity contribution < 1.29 is 35.6 Å². The van der Waals surface area contributed by atoms with Gasteiger partial charge < -0.3 is 9.41 Å². The van der Waals surface area contributed by atoms with Crippen LogP contribution in [0.3, 0.4) is 0 Å². The van der Waals surface area contributed by atoms with E-state index in [0.717, 1.165) is 0 Å². The van der Waals surface area contributed by atoms with Gasteiger partial charge in [-0.1, -0.05) is 121 Å². The Bertz CT molecular complexity index is 1440. The Hall–Kier alpha value is -1.59. The molecule has 0 N–H and O–H groups in total. The van der Waals surface area contributed by atoms with Gasteiger partial charge in [0, 0.05) is 13.8 Å². The van der Waals surface area contributed by atoms with Crippen LogP contribution in [-0.2, 0) is 26.2 Å². The zero-order chi connectivity index (χ0) is 22.4. The number of benzene rings is 4. The first-order chi connectivity index (χ1) is 16.2. The van der Waals surface area contributed by atoms with Crippen LogP contribution in [0.25, 0.3) is 12.2 Å². The summed E-state index contributed by atoms with van der Waals surface area (Å²) in [4.78, 5) is 2.59. The normalized spacial score (nSPS) is 16.7. The molecule has 176 valence electrons. The summed E-state index contributed by atoms with van der Waals surface area (Å²) in [7, 11) is 0. The first-order valence-corrected chi connectivity index (χ1v) is 13.2. The van der Waals surface area contributed by atoms with Gasteiger partial charge >= 0.3 is 26.2 Å². The molecule has 0 nitrogen and oxygen atoms in total. The SMILES string of the molecule is Brc1cc2cc3c1C([C-]=C3)c1cccc(c1)S2.Brc1cccc2c1C(c1ccccc1)[C-]=C2.[F-].[F-].[Zr+4]. The van der Waals surface area contributed by atoms with Gasteiger partial charge in [-0.25, -0.2) is 12.2 Å². The molecule has 4 aliphatic rings. The number of hydrogen-bond acceptors (Lipinski definition) is 1. The van der Waals surface area contributed by atoms with Crippen molar-refractivity contribution in [3.8, 4) is 0 Å². The maximum atomic E-state index is 3.70. The Balaban J connectivity index is 0.000000185. The molecule has 4 aromatic rings. The molecule has 4 aromatic carbocycles. The van der Waals surface area contributed by atoms with E-state index >= 15 is 0 Å². The van der Waals surface area contributed by atoms with E-state index in [2.05, 4.69) is 135 Å². The topological polar surface area (TPSA) is 0 Å². The molecule has 0 amide bonds. The van der Waals surface area contributed by atoms with E-state index in [4.69, 9.17) is 0 Å². The molecule has 0 saturated carbocycles. The van der Waals surface area contributed by atoms with E-state index in [-0.39, 0.29) is 47.4 Å². The average molecular weight is 700 g/mol. The summed E-state index contributed by atoms with van der Waals surface area (Å²) in [5, 5.41) is 0. The number of fused-ring (bicyclic) bond motifs is 2. The van der Waals surface area contributed by atoms with E-state index in [9.17, 15) is 0 Å². The molecule has 8 rings (SSSR count). The van der Waals surface area contributed by atoms with Crippen LogP contribution >= 0.6 is 43.6 Å². The molecule has 0 aromatic heterocycles. The zero-order valence-electron chi connectivity index (χ0n) is 18.8. The van der Waals surface area contributed by atoms with Gasteiger partial charge in [0.05, 0.1) is 0 Å². The number of rotatable bonds is 1. The van der Waals surface area contributed by atoms with Crippen LogP contribution in [0, 0.1) is 12.2 Å². The van der Waals surface area contributed by atoms with Crippen molar-refractivity contribution in [2.75, 3.05) is 0 Å². The van der Waals surface area contributed by atoms with Crippen molar-refractivity contribution in [3.05, 3.63) is 139 Å². The van der Waals surface area contributed by atoms with Crippen molar-refractivity contribution in [3.63, 3.8) is 0 Å². The third kappa shape index (κ3) is 5.48. The number of allylic oxidation sites excluding steroid dienone is 2. The van der Waals surface area contributed by atoms with Crippen molar-refractivity contribution in [2.24, 2.45) is 0 Å². The van der Waals surface area contributed by atoms with E-state index in [0.29, 0.717) is 0 Å². The summed E-state index contributed by atoms with van der Waals surface area (Å²) >= 11 is 9.15. The Morgan fingerprint density at radius 1 is 0.583 bits per heavy atom. The summed E-state index contributed by atoms with van der Waals surface area (Å²) < 4.78 is 2.37. The van der Waals surface area contributed by atoms with Gasteiger partial charge in [-0.05, 0) is 23.1 Å². The monoisotopic (exact) mass is 696 g/mol. The molecule has 0 spiro atoms. The van der Waals surface area contributed by atoms with Crippen LogP contribution in [0.15, 0.2) is 104 Å². The fourth-order valence-electron chi connectivity index (χ4n) is 4.66. The molecule has 0 radical (unpaired) electrons. The molecular weight excluding hydrogens is 681 g/mol. The van der Waals surface area contributed by atoms with Crippen LogP contribution in [0.4, 0.5) is 0 Å². The van der Waals surface area contributed by atoms with E-state index in [1.54, 1.807) is 0 Å². The molecule has 0 saturated heterocycles. The van der Waals surface area contributed by atoms with Crippen LogP contribution in [0.2, 0.25) is 0 Å². The largest absolute Gasteiger partial charge is 4.00 e. The van der Waals surface area contributed by atoms with E-state index in [1.807, 2.05) is 17.8 Å². The van der Waals surface area contributed by atoms with Gasteiger partial charge in [0.25, 0.3) is 0 Å². The van der Waals surface area contributed by atoms with Gasteiger partial charge in [-0.2, -0.15) is 11.1 Å². The summed E-state index contributed by atoms with van der Waals surface area (Å²) in [6, 6.07) is 30.0. The number of halogens is 4. The van der Waals surface area contributed by atoms with E-state index in [1.165, 1.54) is 52.1 Å².